The maximum atomic E-state index is 14.4. The first-order valence-corrected chi connectivity index (χ1v) is 7.79. The van der Waals surface area contributed by atoms with E-state index in [2.05, 4.69) is 4.90 Å². The number of nitrogens with zero attached hydrogens (tertiary/aromatic N) is 2. The Morgan fingerprint density at radius 3 is 2.62 bits per heavy atom. The van der Waals surface area contributed by atoms with Gasteiger partial charge in [0.2, 0.25) is 0 Å². The fourth-order valence-corrected chi connectivity index (χ4v) is 3.70. The number of fused-ring (bicyclic) bond motifs is 1. The standard InChI is InChI=1S/C16H23F2N3/c1-11-9-20-6-2-3-13(20)10-21(11)16-14(17)7-12(4-5-19)8-15(16)18/h7-8,11,13H,2-6,9-10,19H2,1H3. The van der Waals surface area contributed by atoms with E-state index in [0.29, 0.717) is 31.1 Å². The molecule has 5 heteroatoms. The van der Waals surface area contributed by atoms with Crippen LogP contribution in [0.3, 0.4) is 0 Å². The third-order valence-corrected chi connectivity index (χ3v) is 4.73. The summed E-state index contributed by atoms with van der Waals surface area (Å²) in [5.74, 6) is -0.923. The molecule has 2 heterocycles. The van der Waals surface area contributed by atoms with Crippen molar-refractivity contribution >= 4 is 5.69 Å². The molecule has 2 aliphatic heterocycles. The maximum Gasteiger partial charge on any atom is 0.149 e. The van der Waals surface area contributed by atoms with E-state index in [1.54, 1.807) is 0 Å². The molecular formula is C16H23F2N3. The van der Waals surface area contributed by atoms with Crippen LogP contribution in [0.15, 0.2) is 12.1 Å². The number of piperazine rings is 1. The van der Waals surface area contributed by atoms with Gasteiger partial charge in [0.1, 0.15) is 17.3 Å². The zero-order chi connectivity index (χ0) is 15.0. The zero-order valence-corrected chi connectivity index (χ0v) is 12.5. The van der Waals surface area contributed by atoms with Crippen molar-refractivity contribution in [2.75, 3.05) is 31.1 Å². The van der Waals surface area contributed by atoms with E-state index in [4.69, 9.17) is 5.73 Å². The Labute approximate surface area is 124 Å². The molecule has 2 N–H and O–H groups in total. The van der Waals surface area contributed by atoms with Crippen LogP contribution < -0.4 is 10.6 Å². The molecule has 0 amide bonds. The van der Waals surface area contributed by atoms with E-state index in [1.807, 2.05) is 11.8 Å². The first kappa shape index (κ1) is 14.7. The summed E-state index contributed by atoms with van der Waals surface area (Å²) in [5.41, 5.74) is 6.22. The van der Waals surface area contributed by atoms with Gasteiger partial charge in [-0.05, 0) is 57.0 Å². The minimum Gasteiger partial charge on any atom is -0.361 e. The molecule has 2 saturated heterocycles. The Bertz CT molecular complexity index is 497. The van der Waals surface area contributed by atoms with Crippen molar-refractivity contribution in [2.24, 2.45) is 5.73 Å². The summed E-state index contributed by atoms with van der Waals surface area (Å²) in [6.45, 7) is 5.15. The molecule has 2 unspecified atom stereocenters. The summed E-state index contributed by atoms with van der Waals surface area (Å²) in [5, 5.41) is 0. The number of hydrogen-bond acceptors (Lipinski definition) is 3. The minimum absolute atomic E-state index is 0.128. The lowest BCUT2D eigenvalue weighted by Gasteiger charge is -2.43. The van der Waals surface area contributed by atoms with Crippen molar-refractivity contribution in [3.63, 3.8) is 0 Å². The van der Waals surface area contributed by atoms with Gasteiger partial charge in [-0.2, -0.15) is 0 Å². The van der Waals surface area contributed by atoms with E-state index in [9.17, 15) is 8.78 Å². The number of hydrogen-bond donors (Lipinski definition) is 1. The highest BCUT2D eigenvalue weighted by Gasteiger charge is 2.36. The Hall–Kier alpha value is -1.20. The molecule has 21 heavy (non-hydrogen) atoms. The molecule has 0 radical (unpaired) electrons. The highest BCUT2D eigenvalue weighted by atomic mass is 19.1. The average Bonchev–Trinajstić information content (AvgIpc) is 2.85. The van der Waals surface area contributed by atoms with Crippen molar-refractivity contribution in [3.05, 3.63) is 29.3 Å². The predicted molar refractivity (Wildman–Crippen MR) is 80.5 cm³/mol. The summed E-state index contributed by atoms with van der Waals surface area (Å²) in [6.07, 6.45) is 2.81. The van der Waals surface area contributed by atoms with Crippen LogP contribution in [0.2, 0.25) is 0 Å². The van der Waals surface area contributed by atoms with Crippen molar-refractivity contribution in [1.82, 2.24) is 4.90 Å². The number of benzene rings is 1. The Balaban J connectivity index is 1.88. The summed E-state index contributed by atoms with van der Waals surface area (Å²) < 4.78 is 28.8. The number of halogens is 2. The van der Waals surface area contributed by atoms with Gasteiger partial charge in [0.15, 0.2) is 0 Å². The third-order valence-electron chi connectivity index (χ3n) is 4.73. The molecule has 2 aliphatic rings. The van der Waals surface area contributed by atoms with Crippen LogP contribution >= 0.6 is 0 Å². The van der Waals surface area contributed by atoms with Gasteiger partial charge in [-0.1, -0.05) is 0 Å². The fraction of sp³-hybridized carbons (Fsp3) is 0.625. The second kappa shape index (κ2) is 5.89. The lowest BCUT2D eigenvalue weighted by molar-refractivity contribution is 0.201. The molecule has 2 fully saturated rings. The molecular weight excluding hydrogens is 272 g/mol. The summed E-state index contributed by atoms with van der Waals surface area (Å²) in [7, 11) is 0. The zero-order valence-electron chi connectivity index (χ0n) is 12.5. The lowest BCUT2D eigenvalue weighted by atomic mass is 10.0. The first-order chi connectivity index (χ1) is 10.1. The van der Waals surface area contributed by atoms with Gasteiger partial charge in [-0.25, -0.2) is 8.78 Å². The Morgan fingerprint density at radius 2 is 1.95 bits per heavy atom. The first-order valence-electron chi connectivity index (χ1n) is 7.79. The van der Waals surface area contributed by atoms with Crippen LogP contribution in [0, 0.1) is 11.6 Å². The van der Waals surface area contributed by atoms with Crippen LogP contribution in [-0.4, -0.2) is 43.2 Å². The van der Waals surface area contributed by atoms with Gasteiger partial charge in [0.05, 0.1) is 0 Å². The minimum atomic E-state index is -0.461. The molecule has 0 bridgehead atoms. The molecule has 2 atom stereocenters. The third kappa shape index (κ3) is 2.77. The molecule has 3 nitrogen and oxygen atoms in total. The van der Waals surface area contributed by atoms with Gasteiger partial charge >= 0.3 is 0 Å². The number of nitrogens with two attached hydrogens (primary N) is 1. The predicted octanol–water partition coefficient (Wildman–Crippen LogP) is 2.14. The Kier molecular flexibility index (Phi) is 4.13. The van der Waals surface area contributed by atoms with Gasteiger partial charge in [-0.3, -0.25) is 4.90 Å². The highest BCUT2D eigenvalue weighted by Crippen LogP contribution is 2.32. The van der Waals surface area contributed by atoms with Crippen LogP contribution in [0.5, 0.6) is 0 Å². The molecule has 116 valence electrons. The molecule has 0 saturated carbocycles. The highest BCUT2D eigenvalue weighted by molar-refractivity contribution is 5.52. The van der Waals surface area contributed by atoms with Crippen LogP contribution in [0.1, 0.15) is 25.3 Å². The Morgan fingerprint density at radius 1 is 1.24 bits per heavy atom. The number of anilines is 1. The summed E-state index contributed by atoms with van der Waals surface area (Å²) >= 11 is 0. The lowest BCUT2D eigenvalue weighted by Crippen LogP contribution is -2.55. The average molecular weight is 295 g/mol. The van der Waals surface area contributed by atoms with Crippen molar-refractivity contribution in [1.29, 1.82) is 0 Å². The van der Waals surface area contributed by atoms with Crippen LogP contribution in [-0.2, 0) is 6.42 Å². The second-order valence-electron chi connectivity index (χ2n) is 6.24. The molecule has 1 aromatic carbocycles. The largest absolute Gasteiger partial charge is 0.361 e. The molecule has 0 spiro atoms. The van der Waals surface area contributed by atoms with Crippen LogP contribution in [0.4, 0.5) is 14.5 Å². The number of rotatable bonds is 3. The SMILES string of the molecule is CC1CN2CCCC2CN1c1c(F)cc(CCN)cc1F. The van der Waals surface area contributed by atoms with Crippen molar-refractivity contribution in [2.45, 2.75) is 38.3 Å². The van der Waals surface area contributed by atoms with E-state index in [0.717, 1.165) is 19.5 Å². The van der Waals surface area contributed by atoms with E-state index in [1.165, 1.54) is 18.6 Å². The molecule has 0 aliphatic carbocycles. The van der Waals surface area contributed by atoms with Gasteiger partial charge < -0.3 is 10.6 Å². The normalized spacial score (nSPS) is 26.2. The van der Waals surface area contributed by atoms with Crippen molar-refractivity contribution in [3.8, 4) is 0 Å². The molecule has 1 aromatic rings. The van der Waals surface area contributed by atoms with Gasteiger partial charge in [0, 0.05) is 25.2 Å². The fourth-order valence-electron chi connectivity index (χ4n) is 3.70. The quantitative estimate of drug-likeness (QED) is 0.927. The summed E-state index contributed by atoms with van der Waals surface area (Å²) in [4.78, 5) is 4.35. The van der Waals surface area contributed by atoms with E-state index < -0.39 is 11.6 Å². The van der Waals surface area contributed by atoms with Gasteiger partial charge in [0.25, 0.3) is 0 Å². The van der Waals surface area contributed by atoms with E-state index >= 15 is 0 Å². The molecule has 0 aromatic heterocycles. The smallest absolute Gasteiger partial charge is 0.149 e. The second-order valence-corrected chi connectivity index (χ2v) is 6.24. The van der Waals surface area contributed by atoms with Gasteiger partial charge in [-0.15, -0.1) is 0 Å². The summed E-state index contributed by atoms with van der Waals surface area (Å²) in [6, 6.07) is 3.42. The van der Waals surface area contributed by atoms with E-state index in [-0.39, 0.29) is 11.7 Å². The molecule has 3 rings (SSSR count). The van der Waals surface area contributed by atoms with Crippen LogP contribution in [0.25, 0.3) is 0 Å². The topological polar surface area (TPSA) is 32.5 Å². The maximum absolute atomic E-state index is 14.4. The monoisotopic (exact) mass is 295 g/mol. The van der Waals surface area contributed by atoms with Crippen molar-refractivity contribution < 1.29 is 8.78 Å².